The van der Waals surface area contributed by atoms with Gasteiger partial charge in [-0.2, -0.15) is 0 Å². The number of hydrogen-bond acceptors (Lipinski definition) is 2. The Bertz CT molecular complexity index is 448. The third-order valence-corrected chi connectivity index (χ3v) is 2.82. The minimum atomic E-state index is -0.947. The Morgan fingerprint density at radius 3 is 2.64 bits per heavy atom. The van der Waals surface area contributed by atoms with Crippen LogP contribution in [0.25, 0.3) is 0 Å². The average molecular weight is 214 g/mol. The maximum Gasteiger partial charge on any atom is 0.315 e. The first-order chi connectivity index (χ1) is 6.56. The van der Waals surface area contributed by atoms with E-state index in [0.717, 1.165) is 0 Å². The second-order valence-corrected chi connectivity index (χ2v) is 3.84. The van der Waals surface area contributed by atoms with Gasteiger partial charge in [0.2, 0.25) is 5.56 Å². The van der Waals surface area contributed by atoms with Gasteiger partial charge in [0.15, 0.2) is 0 Å². The van der Waals surface area contributed by atoms with Crippen LogP contribution in [0.3, 0.4) is 0 Å². The molecule has 0 aliphatic heterocycles. The summed E-state index contributed by atoms with van der Waals surface area (Å²) in [5.74, 6) is -0.929. The lowest BCUT2D eigenvalue weighted by molar-refractivity contribution is -0.140. The number of carboxylic acids is 1. The van der Waals surface area contributed by atoms with E-state index in [4.69, 9.17) is 16.7 Å². The van der Waals surface area contributed by atoms with Crippen LogP contribution in [0, 0.1) is 0 Å². The zero-order valence-electron chi connectivity index (χ0n) is 7.21. The molecule has 0 saturated heterocycles. The molecule has 1 aliphatic rings. The molecule has 0 unspecified atom stereocenters. The van der Waals surface area contributed by atoms with Crippen LogP contribution in [0.2, 0.25) is 5.02 Å². The number of pyridine rings is 1. The summed E-state index contributed by atoms with van der Waals surface area (Å²) < 4.78 is 0. The largest absolute Gasteiger partial charge is 0.481 e. The Labute approximate surface area is 84.5 Å². The molecular weight excluding hydrogens is 206 g/mol. The van der Waals surface area contributed by atoms with Crippen molar-refractivity contribution < 1.29 is 9.90 Å². The Kier molecular flexibility index (Phi) is 1.89. The lowest BCUT2D eigenvalue weighted by atomic mass is 10.0. The molecule has 0 radical (unpaired) electrons. The van der Waals surface area contributed by atoms with Crippen molar-refractivity contribution in [1.82, 2.24) is 4.98 Å². The van der Waals surface area contributed by atoms with Gasteiger partial charge in [0.05, 0.1) is 10.7 Å². The number of aromatic nitrogens is 1. The first-order valence-electron chi connectivity index (χ1n) is 4.19. The van der Waals surface area contributed by atoms with E-state index in [1.807, 2.05) is 0 Å². The van der Waals surface area contributed by atoms with Gasteiger partial charge in [-0.3, -0.25) is 9.59 Å². The number of carboxylic acid groups (broad SMARTS) is 1. The van der Waals surface area contributed by atoms with Crippen molar-refractivity contribution >= 4 is 17.6 Å². The van der Waals surface area contributed by atoms with E-state index in [1.54, 1.807) is 0 Å². The average Bonchev–Trinajstić information content (AvgIpc) is 2.90. The molecule has 0 bridgehead atoms. The van der Waals surface area contributed by atoms with Crippen molar-refractivity contribution in [2.45, 2.75) is 18.3 Å². The predicted molar refractivity (Wildman–Crippen MR) is 50.6 cm³/mol. The van der Waals surface area contributed by atoms with Crippen molar-refractivity contribution in [1.29, 1.82) is 0 Å². The van der Waals surface area contributed by atoms with E-state index in [2.05, 4.69) is 4.98 Å². The SMILES string of the molecule is O=C(O)C1(c2[nH]c(=O)ccc2Cl)CC1. The highest BCUT2D eigenvalue weighted by Crippen LogP contribution is 2.49. The molecule has 14 heavy (non-hydrogen) atoms. The highest BCUT2D eigenvalue weighted by atomic mass is 35.5. The molecule has 2 N–H and O–H groups in total. The number of carbonyl (C=O) groups is 1. The van der Waals surface area contributed by atoms with Crippen LogP contribution in [0.1, 0.15) is 18.5 Å². The van der Waals surface area contributed by atoms with Crippen LogP contribution in [-0.4, -0.2) is 16.1 Å². The van der Waals surface area contributed by atoms with E-state index in [9.17, 15) is 9.59 Å². The Morgan fingerprint density at radius 1 is 1.50 bits per heavy atom. The number of halogens is 1. The standard InChI is InChI=1S/C9H8ClNO3/c10-5-1-2-6(12)11-7(5)9(3-4-9)8(13)14/h1-2H,3-4H2,(H,11,12)(H,13,14). The van der Waals surface area contributed by atoms with E-state index in [0.29, 0.717) is 23.6 Å². The van der Waals surface area contributed by atoms with Crippen molar-refractivity contribution in [2.75, 3.05) is 0 Å². The molecular formula is C9H8ClNO3. The fraction of sp³-hybridized carbons (Fsp3) is 0.333. The molecule has 1 aliphatic carbocycles. The summed E-state index contributed by atoms with van der Waals surface area (Å²) in [7, 11) is 0. The van der Waals surface area contributed by atoms with Crippen molar-refractivity contribution in [3.8, 4) is 0 Å². The molecule has 0 amide bonds. The summed E-state index contributed by atoms with van der Waals surface area (Å²) >= 11 is 5.83. The van der Waals surface area contributed by atoms with E-state index < -0.39 is 11.4 Å². The molecule has 0 aromatic carbocycles. The summed E-state index contributed by atoms with van der Waals surface area (Å²) in [6, 6.07) is 2.71. The predicted octanol–water partition coefficient (Wildman–Crippen LogP) is 1.14. The monoisotopic (exact) mass is 213 g/mol. The molecule has 0 atom stereocenters. The molecule has 74 valence electrons. The molecule has 1 heterocycles. The van der Waals surface area contributed by atoms with Gasteiger partial charge in [0.1, 0.15) is 5.41 Å². The second kappa shape index (κ2) is 2.85. The van der Waals surface area contributed by atoms with Crippen LogP contribution >= 0.6 is 11.6 Å². The molecule has 1 fully saturated rings. The molecule has 5 heteroatoms. The van der Waals surface area contributed by atoms with Gasteiger partial charge in [-0.25, -0.2) is 0 Å². The number of aromatic amines is 1. The van der Waals surface area contributed by atoms with Gasteiger partial charge in [-0.15, -0.1) is 0 Å². The van der Waals surface area contributed by atoms with Gasteiger partial charge >= 0.3 is 5.97 Å². The summed E-state index contributed by atoms with van der Waals surface area (Å²) in [5, 5.41) is 9.30. The van der Waals surface area contributed by atoms with Gasteiger partial charge in [0, 0.05) is 6.07 Å². The number of nitrogens with one attached hydrogen (secondary N) is 1. The molecule has 1 saturated carbocycles. The summed E-state index contributed by atoms with van der Waals surface area (Å²) in [6.07, 6.45) is 1.06. The van der Waals surface area contributed by atoms with E-state index >= 15 is 0 Å². The molecule has 1 aromatic rings. The Morgan fingerprint density at radius 2 is 2.14 bits per heavy atom. The normalized spacial score (nSPS) is 17.8. The Balaban J connectivity index is 2.56. The van der Waals surface area contributed by atoms with Crippen molar-refractivity contribution in [3.05, 3.63) is 33.2 Å². The molecule has 0 spiro atoms. The van der Waals surface area contributed by atoms with Gasteiger partial charge in [-0.1, -0.05) is 11.6 Å². The number of H-pyrrole nitrogens is 1. The molecule has 2 rings (SSSR count). The van der Waals surface area contributed by atoms with Crippen LogP contribution < -0.4 is 5.56 Å². The van der Waals surface area contributed by atoms with Crippen LogP contribution in [0.15, 0.2) is 16.9 Å². The lowest BCUT2D eigenvalue weighted by Gasteiger charge is -2.10. The van der Waals surface area contributed by atoms with Gasteiger partial charge < -0.3 is 10.1 Å². The first-order valence-corrected chi connectivity index (χ1v) is 4.57. The number of rotatable bonds is 2. The van der Waals surface area contributed by atoms with E-state index in [1.165, 1.54) is 12.1 Å². The number of aliphatic carboxylic acids is 1. The van der Waals surface area contributed by atoms with Crippen LogP contribution in [0.5, 0.6) is 0 Å². The van der Waals surface area contributed by atoms with Crippen LogP contribution in [-0.2, 0) is 10.2 Å². The maximum atomic E-state index is 11.0. The van der Waals surface area contributed by atoms with Crippen LogP contribution in [0.4, 0.5) is 0 Å². The topological polar surface area (TPSA) is 70.2 Å². The molecule has 1 aromatic heterocycles. The maximum absolute atomic E-state index is 11.0. The third kappa shape index (κ3) is 1.23. The zero-order chi connectivity index (χ0) is 10.3. The van der Waals surface area contributed by atoms with Gasteiger partial charge in [-0.05, 0) is 18.9 Å². The second-order valence-electron chi connectivity index (χ2n) is 3.43. The van der Waals surface area contributed by atoms with Crippen molar-refractivity contribution in [2.24, 2.45) is 0 Å². The van der Waals surface area contributed by atoms with Crippen molar-refractivity contribution in [3.63, 3.8) is 0 Å². The Hall–Kier alpha value is -1.29. The fourth-order valence-electron chi connectivity index (χ4n) is 1.50. The smallest absolute Gasteiger partial charge is 0.315 e. The quantitative estimate of drug-likeness (QED) is 0.774. The minimum absolute atomic E-state index is 0.310. The third-order valence-electron chi connectivity index (χ3n) is 2.51. The molecule has 4 nitrogen and oxygen atoms in total. The first kappa shape index (κ1) is 9.27. The highest BCUT2D eigenvalue weighted by molar-refractivity contribution is 6.31. The lowest BCUT2D eigenvalue weighted by Crippen LogP contribution is -2.24. The number of hydrogen-bond donors (Lipinski definition) is 2. The summed E-state index contributed by atoms with van der Waals surface area (Å²) in [4.78, 5) is 24.5. The highest BCUT2D eigenvalue weighted by Gasteiger charge is 2.53. The zero-order valence-corrected chi connectivity index (χ0v) is 7.97. The summed E-state index contributed by atoms with van der Waals surface area (Å²) in [5.41, 5.74) is -0.937. The van der Waals surface area contributed by atoms with Gasteiger partial charge in [0.25, 0.3) is 0 Å². The summed E-state index contributed by atoms with van der Waals surface area (Å²) in [6.45, 7) is 0. The van der Waals surface area contributed by atoms with E-state index in [-0.39, 0.29) is 5.56 Å². The fourth-order valence-corrected chi connectivity index (χ4v) is 1.79. The minimum Gasteiger partial charge on any atom is -0.481 e.